The molecule has 0 atom stereocenters. The number of H-pyrrole nitrogens is 1. The van der Waals surface area contributed by atoms with Crippen LogP contribution in [0.25, 0.3) is 33.3 Å². The first-order valence-electron chi connectivity index (χ1n) is 9.93. The fourth-order valence-electron chi connectivity index (χ4n) is 3.96. The van der Waals surface area contributed by atoms with Crippen LogP contribution in [0.4, 0.5) is 10.1 Å². The average molecular weight is 417 g/mol. The Kier molecular flexibility index (Phi) is 4.97. The minimum absolute atomic E-state index is 0.373. The Morgan fingerprint density at radius 3 is 2.55 bits per heavy atom. The van der Waals surface area contributed by atoms with Gasteiger partial charge in [-0.3, -0.25) is 9.48 Å². The quantitative estimate of drug-likeness (QED) is 0.452. The average Bonchev–Trinajstić information content (AvgIpc) is 3.25. The highest BCUT2D eigenvalue weighted by molar-refractivity contribution is 6.03. The number of aryl methyl sites for hydroxylation is 3. The highest BCUT2D eigenvalue weighted by Crippen LogP contribution is 2.39. The lowest BCUT2D eigenvalue weighted by Crippen LogP contribution is -2.09. The maximum Gasteiger partial charge on any atom is 0.247 e. The normalized spacial score (nSPS) is 11.2. The number of carbonyl (C=O) groups excluding carboxylic acids is 1. The number of rotatable bonds is 4. The van der Waals surface area contributed by atoms with Crippen molar-refractivity contribution in [1.29, 1.82) is 0 Å². The smallest absolute Gasteiger partial charge is 0.247 e. The predicted octanol–water partition coefficient (Wildman–Crippen LogP) is 5.13. The van der Waals surface area contributed by atoms with Crippen molar-refractivity contribution < 1.29 is 9.18 Å². The summed E-state index contributed by atoms with van der Waals surface area (Å²) in [5.74, 6) is -0.780. The number of hydrogen-bond acceptors (Lipinski definition) is 3. The van der Waals surface area contributed by atoms with Gasteiger partial charge in [0.2, 0.25) is 5.91 Å². The number of nitrogens with one attached hydrogen (secondary N) is 2. The molecule has 7 heteroatoms. The number of hydrogen-bond donors (Lipinski definition) is 2. The van der Waals surface area contributed by atoms with E-state index in [1.54, 1.807) is 13.0 Å². The molecule has 2 N–H and O–H groups in total. The zero-order chi connectivity index (χ0) is 22.4. The van der Waals surface area contributed by atoms with E-state index in [0.29, 0.717) is 16.8 Å². The van der Waals surface area contributed by atoms with Crippen molar-refractivity contribution in [3.63, 3.8) is 0 Å². The number of fused-ring (bicyclic) bond motifs is 1. The van der Waals surface area contributed by atoms with Crippen LogP contribution in [0, 0.1) is 33.5 Å². The molecule has 0 aliphatic heterocycles. The van der Waals surface area contributed by atoms with E-state index >= 15 is 0 Å². The second-order valence-electron chi connectivity index (χ2n) is 7.74. The molecule has 3 heterocycles. The second-order valence-corrected chi connectivity index (χ2v) is 7.74. The fraction of sp³-hybridized carbons (Fsp3) is 0.208. The highest BCUT2D eigenvalue weighted by Gasteiger charge is 2.20. The van der Waals surface area contributed by atoms with E-state index in [-0.39, 0.29) is 5.91 Å². The minimum Gasteiger partial charge on any atom is -0.343 e. The van der Waals surface area contributed by atoms with Crippen molar-refractivity contribution >= 4 is 22.6 Å². The Bertz CT molecular complexity index is 1360. The summed E-state index contributed by atoms with van der Waals surface area (Å²) in [6.45, 7) is 11.1. The zero-order valence-electron chi connectivity index (χ0n) is 18.2. The molecule has 0 aliphatic carbocycles. The van der Waals surface area contributed by atoms with Crippen LogP contribution in [0.1, 0.15) is 22.5 Å². The summed E-state index contributed by atoms with van der Waals surface area (Å²) in [4.78, 5) is 19.8. The van der Waals surface area contributed by atoms with Gasteiger partial charge >= 0.3 is 0 Å². The van der Waals surface area contributed by atoms with Gasteiger partial charge in [0.05, 0.1) is 6.20 Å². The zero-order valence-corrected chi connectivity index (χ0v) is 18.2. The minimum atomic E-state index is -0.393. The first kappa shape index (κ1) is 20.5. The Labute approximate surface area is 179 Å². The van der Waals surface area contributed by atoms with E-state index in [4.69, 9.17) is 0 Å². The highest BCUT2D eigenvalue weighted by atomic mass is 19.1. The van der Waals surface area contributed by atoms with Gasteiger partial charge in [0.1, 0.15) is 11.5 Å². The summed E-state index contributed by atoms with van der Waals surface area (Å²) < 4.78 is 16.6. The van der Waals surface area contributed by atoms with E-state index in [1.165, 1.54) is 6.07 Å². The Morgan fingerprint density at radius 2 is 1.90 bits per heavy atom. The van der Waals surface area contributed by atoms with E-state index in [0.717, 1.165) is 50.8 Å². The molecule has 1 aromatic carbocycles. The van der Waals surface area contributed by atoms with E-state index in [1.807, 2.05) is 44.9 Å². The van der Waals surface area contributed by atoms with Crippen LogP contribution >= 0.6 is 0 Å². The molecule has 0 unspecified atom stereocenters. The summed E-state index contributed by atoms with van der Waals surface area (Å²) in [6.07, 6.45) is 4.84. The van der Waals surface area contributed by atoms with Crippen molar-refractivity contribution in [2.45, 2.75) is 27.7 Å². The summed E-state index contributed by atoms with van der Waals surface area (Å²) in [6, 6.07) is 3.28. The molecule has 6 nitrogen and oxygen atoms in total. The number of amides is 1. The lowest BCUT2D eigenvalue weighted by molar-refractivity contribution is -0.111. The molecule has 4 aromatic rings. The van der Waals surface area contributed by atoms with Crippen LogP contribution in [0.2, 0.25) is 0 Å². The summed E-state index contributed by atoms with van der Waals surface area (Å²) in [7, 11) is 1.90. The monoisotopic (exact) mass is 417 g/mol. The van der Waals surface area contributed by atoms with Gasteiger partial charge < -0.3 is 10.3 Å². The van der Waals surface area contributed by atoms with Gasteiger partial charge in [-0.15, -0.1) is 0 Å². The molecule has 31 heavy (non-hydrogen) atoms. The number of pyridine rings is 1. The number of anilines is 1. The van der Waals surface area contributed by atoms with Gasteiger partial charge in [-0.05, 0) is 57.0 Å². The lowest BCUT2D eigenvalue weighted by atomic mass is 9.94. The molecular weight excluding hydrogens is 393 g/mol. The third-order valence-corrected chi connectivity index (χ3v) is 5.87. The third kappa shape index (κ3) is 3.32. The first-order chi connectivity index (χ1) is 14.7. The van der Waals surface area contributed by atoms with Crippen molar-refractivity contribution in [3.05, 3.63) is 65.5 Å². The van der Waals surface area contributed by atoms with Crippen LogP contribution in [0.3, 0.4) is 0 Å². The molecule has 4 rings (SSSR count). The molecule has 158 valence electrons. The van der Waals surface area contributed by atoms with Crippen LogP contribution in [0.5, 0.6) is 0 Å². The lowest BCUT2D eigenvalue weighted by Gasteiger charge is -2.13. The molecule has 1 amide bonds. The van der Waals surface area contributed by atoms with Gasteiger partial charge in [-0.2, -0.15) is 5.10 Å². The topological polar surface area (TPSA) is 75.6 Å². The fourth-order valence-corrected chi connectivity index (χ4v) is 3.96. The largest absolute Gasteiger partial charge is 0.343 e. The number of carbonyl (C=O) groups is 1. The van der Waals surface area contributed by atoms with E-state index in [9.17, 15) is 9.18 Å². The predicted molar refractivity (Wildman–Crippen MR) is 121 cm³/mol. The van der Waals surface area contributed by atoms with Crippen LogP contribution < -0.4 is 5.32 Å². The second kappa shape index (κ2) is 7.50. The maximum atomic E-state index is 14.8. The molecule has 0 fully saturated rings. The van der Waals surface area contributed by atoms with E-state index in [2.05, 4.69) is 27.0 Å². The number of aromatic amines is 1. The molecule has 0 saturated carbocycles. The third-order valence-electron chi connectivity index (χ3n) is 5.87. The van der Waals surface area contributed by atoms with Crippen LogP contribution in [-0.2, 0) is 11.8 Å². The van der Waals surface area contributed by atoms with Crippen molar-refractivity contribution in [2.24, 2.45) is 7.05 Å². The van der Waals surface area contributed by atoms with Crippen molar-refractivity contribution in [1.82, 2.24) is 19.7 Å². The summed E-state index contributed by atoms with van der Waals surface area (Å²) in [5.41, 5.74) is 7.96. The Hall–Kier alpha value is -3.74. The number of halogens is 1. The van der Waals surface area contributed by atoms with Crippen LogP contribution in [-0.4, -0.2) is 25.7 Å². The van der Waals surface area contributed by atoms with Gasteiger partial charge in [0, 0.05) is 58.0 Å². The van der Waals surface area contributed by atoms with Crippen LogP contribution in [0.15, 0.2) is 37.2 Å². The first-order valence-corrected chi connectivity index (χ1v) is 9.93. The van der Waals surface area contributed by atoms with Gasteiger partial charge in [-0.1, -0.05) is 6.58 Å². The van der Waals surface area contributed by atoms with Crippen molar-refractivity contribution in [2.75, 3.05) is 5.32 Å². The molecule has 0 bridgehead atoms. The SMILES string of the molecule is C=CC(=O)Nc1cc(-c2c(C)[nH]c3ncc(-c4cnn(C)c4C)c(C)c23)cc(F)c1C. The number of nitrogens with zero attached hydrogens (tertiary/aromatic N) is 3. The summed E-state index contributed by atoms with van der Waals surface area (Å²) in [5, 5.41) is 7.97. The standard InChI is InChI=1S/C24H24FN5O/c1-7-21(31)29-20-9-16(8-19(25)13(20)3)23-14(4)28-24-22(23)12(2)17(10-26-24)18-11-27-30(6)15(18)5/h7-11H,1H2,2-6H3,(H,26,28)(H,29,31). The molecule has 3 aromatic heterocycles. The van der Waals surface area contributed by atoms with Gasteiger partial charge in [0.15, 0.2) is 0 Å². The van der Waals surface area contributed by atoms with Crippen molar-refractivity contribution in [3.8, 4) is 22.3 Å². The number of benzene rings is 1. The molecular formula is C24H24FN5O. The Balaban J connectivity index is 1.97. The maximum absolute atomic E-state index is 14.8. The number of aromatic nitrogens is 4. The van der Waals surface area contributed by atoms with Gasteiger partial charge in [-0.25, -0.2) is 9.37 Å². The van der Waals surface area contributed by atoms with Gasteiger partial charge in [0.25, 0.3) is 0 Å². The Morgan fingerprint density at radius 1 is 1.16 bits per heavy atom. The summed E-state index contributed by atoms with van der Waals surface area (Å²) >= 11 is 0. The molecule has 0 saturated heterocycles. The van der Waals surface area contributed by atoms with E-state index < -0.39 is 5.82 Å². The molecule has 0 spiro atoms. The molecule has 0 radical (unpaired) electrons. The molecule has 0 aliphatic rings.